The molecule has 1 unspecified atom stereocenters. The maximum absolute atomic E-state index is 12.8. The molecule has 0 spiro atoms. The highest BCUT2D eigenvalue weighted by Gasteiger charge is 2.30. The fourth-order valence-corrected chi connectivity index (χ4v) is 2.59. The zero-order chi connectivity index (χ0) is 14.6. The Hall–Kier alpha value is -1.23. The molecule has 1 aromatic rings. The van der Waals surface area contributed by atoms with Gasteiger partial charge in [-0.1, -0.05) is 13.0 Å². The van der Waals surface area contributed by atoms with Gasteiger partial charge in [0.1, 0.15) is 0 Å². The van der Waals surface area contributed by atoms with Crippen molar-refractivity contribution < 1.29 is 13.2 Å². The summed E-state index contributed by atoms with van der Waals surface area (Å²) < 4.78 is 38.3. The number of benzene rings is 1. The SMILES string of the molecule is CCC1CCN(c2cccc(C(F)(F)F)c2)CCCN1. The van der Waals surface area contributed by atoms with Gasteiger partial charge in [-0.05, 0) is 44.0 Å². The highest BCUT2D eigenvalue weighted by atomic mass is 19.4. The molecule has 1 aliphatic rings. The van der Waals surface area contributed by atoms with E-state index in [9.17, 15) is 13.2 Å². The predicted octanol–water partition coefficient (Wildman–Crippen LogP) is 3.67. The van der Waals surface area contributed by atoms with Crippen molar-refractivity contribution in [2.24, 2.45) is 0 Å². The second-order valence-electron chi connectivity index (χ2n) is 5.24. The smallest absolute Gasteiger partial charge is 0.371 e. The molecule has 0 bridgehead atoms. The summed E-state index contributed by atoms with van der Waals surface area (Å²) in [7, 11) is 0. The van der Waals surface area contributed by atoms with Crippen LogP contribution in [0.25, 0.3) is 0 Å². The van der Waals surface area contributed by atoms with E-state index >= 15 is 0 Å². The molecule has 1 atom stereocenters. The van der Waals surface area contributed by atoms with Gasteiger partial charge in [0.25, 0.3) is 0 Å². The van der Waals surface area contributed by atoms with Crippen molar-refractivity contribution in [3.05, 3.63) is 29.8 Å². The minimum absolute atomic E-state index is 0.462. The van der Waals surface area contributed by atoms with Crippen LogP contribution in [0.15, 0.2) is 24.3 Å². The topological polar surface area (TPSA) is 15.3 Å². The van der Waals surface area contributed by atoms with E-state index in [-0.39, 0.29) is 0 Å². The summed E-state index contributed by atoms with van der Waals surface area (Å²) in [6.45, 7) is 4.65. The third kappa shape index (κ3) is 3.88. The quantitative estimate of drug-likeness (QED) is 0.892. The lowest BCUT2D eigenvalue weighted by molar-refractivity contribution is -0.137. The number of nitrogens with zero attached hydrogens (tertiary/aromatic N) is 1. The molecule has 1 fully saturated rings. The lowest BCUT2D eigenvalue weighted by Crippen LogP contribution is -2.39. The number of hydrogen-bond acceptors (Lipinski definition) is 2. The van der Waals surface area contributed by atoms with Gasteiger partial charge in [-0.25, -0.2) is 0 Å². The molecule has 5 heteroatoms. The van der Waals surface area contributed by atoms with Crippen LogP contribution in [0.5, 0.6) is 0 Å². The summed E-state index contributed by atoms with van der Waals surface area (Å²) in [5.41, 5.74) is 0.110. The Labute approximate surface area is 118 Å². The van der Waals surface area contributed by atoms with E-state index in [0.717, 1.165) is 45.0 Å². The standard InChI is InChI=1S/C15H21F3N2/c1-2-13-7-10-20(9-4-8-19-13)14-6-3-5-12(11-14)15(16,17)18/h3,5-6,11,13,19H,2,4,7-10H2,1H3. The van der Waals surface area contributed by atoms with Crippen LogP contribution in [0.4, 0.5) is 18.9 Å². The third-order valence-electron chi connectivity index (χ3n) is 3.82. The monoisotopic (exact) mass is 286 g/mol. The molecule has 1 aliphatic heterocycles. The first-order valence-electron chi connectivity index (χ1n) is 7.16. The van der Waals surface area contributed by atoms with Crippen molar-refractivity contribution in [1.29, 1.82) is 0 Å². The molecule has 0 aliphatic carbocycles. The number of halogens is 3. The number of rotatable bonds is 2. The first-order valence-corrected chi connectivity index (χ1v) is 7.16. The average Bonchev–Trinajstić information content (AvgIpc) is 2.38. The maximum atomic E-state index is 12.8. The van der Waals surface area contributed by atoms with E-state index in [1.807, 2.05) is 0 Å². The minimum Gasteiger partial charge on any atom is -0.371 e. The van der Waals surface area contributed by atoms with E-state index in [1.54, 1.807) is 6.07 Å². The minimum atomic E-state index is -4.27. The molecular formula is C15H21F3N2. The van der Waals surface area contributed by atoms with Crippen molar-refractivity contribution in [3.8, 4) is 0 Å². The van der Waals surface area contributed by atoms with Gasteiger partial charge in [0.2, 0.25) is 0 Å². The van der Waals surface area contributed by atoms with E-state index in [1.165, 1.54) is 12.1 Å². The molecule has 2 nitrogen and oxygen atoms in total. The van der Waals surface area contributed by atoms with Crippen LogP contribution >= 0.6 is 0 Å². The first kappa shape index (κ1) is 15.2. The Bertz CT molecular complexity index is 431. The van der Waals surface area contributed by atoms with Crippen molar-refractivity contribution in [2.45, 2.75) is 38.4 Å². The van der Waals surface area contributed by atoms with Crippen LogP contribution in [-0.4, -0.2) is 25.7 Å². The van der Waals surface area contributed by atoms with E-state index in [4.69, 9.17) is 0 Å². The van der Waals surface area contributed by atoms with Crippen molar-refractivity contribution in [2.75, 3.05) is 24.5 Å². The van der Waals surface area contributed by atoms with Crippen LogP contribution in [-0.2, 0) is 6.18 Å². The number of nitrogens with one attached hydrogen (secondary N) is 1. The molecule has 0 saturated carbocycles. The van der Waals surface area contributed by atoms with Gasteiger partial charge in [0, 0.05) is 24.8 Å². The molecule has 1 aromatic carbocycles. The Kier molecular flexibility index (Phi) is 4.91. The van der Waals surface area contributed by atoms with E-state index in [0.29, 0.717) is 11.7 Å². The van der Waals surface area contributed by atoms with Gasteiger partial charge in [0.05, 0.1) is 5.56 Å². The van der Waals surface area contributed by atoms with Gasteiger partial charge >= 0.3 is 6.18 Å². The summed E-state index contributed by atoms with van der Waals surface area (Å²) in [5, 5.41) is 3.47. The van der Waals surface area contributed by atoms with Crippen LogP contribution < -0.4 is 10.2 Å². The van der Waals surface area contributed by atoms with Crippen molar-refractivity contribution in [1.82, 2.24) is 5.32 Å². The van der Waals surface area contributed by atoms with Crippen LogP contribution in [0.3, 0.4) is 0 Å². The summed E-state index contributed by atoms with van der Waals surface area (Å²) in [4.78, 5) is 2.07. The number of alkyl halides is 3. The highest BCUT2D eigenvalue weighted by molar-refractivity contribution is 5.49. The summed E-state index contributed by atoms with van der Waals surface area (Å²) in [6.07, 6.45) is -1.30. The maximum Gasteiger partial charge on any atom is 0.416 e. The van der Waals surface area contributed by atoms with Crippen LogP contribution in [0.2, 0.25) is 0 Å². The zero-order valence-electron chi connectivity index (χ0n) is 11.7. The fraction of sp³-hybridized carbons (Fsp3) is 0.600. The third-order valence-corrected chi connectivity index (χ3v) is 3.82. The normalized spacial score (nSPS) is 21.4. The van der Waals surface area contributed by atoms with E-state index < -0.39 is 11.7 Å². The largest absolute Gasteiger partial charge is 0.416 e. The summed E-state index contributed by atoms with van der Waals surface area (Å²) >= 11 is 0. The molecule has 1 saturated heterocycles. The van der Waals surface area contributed by atoms with Gasteiger partial charge in [-0.15, -0.1) is 0 Å². The van der Waals surface area contributed by atoms with Crippen molar-refractivity contribution in [3.63, 3.8) is 0 Å². The fourth-order valence-electron chi connectivity index (χ4n) is 2.59. The van der Waals surface area contributed by atoms with E-state index in [2.05, 4.69) is 17.1 Å². The molecule has 20 heavy (non-hydrogen) atoms. The Balaban J connectivity index is 2.13. The lowest BCUT2D eigenvalue weighted by atomic mass is 10.1. The second kappa shape index (κ2) is 6.48. The van der Waals surface area contributed by atoms with Gasteiger partial charge in [-0.3, -0.25) is 0 Å². The molecule has 1 heterocycles. The number of anilines is 1. The molecule has 0 aromatic heterocycles. The molecule has 0 amide bonds. The van der Waals surface area contributed by atoms with Crippen LogP contribution in [0.1, 0.15) is 31.7 Å². The zero-order valence-corrected chi connectivity index (χ0v) is 11.7. The molecule has 1 N–H and O–H groups in total. The summed E-state index contributed by atoms with van der Waals surface area (Å²) in [6, 6.07) is 6.11. The first-order chi connectivity index (χ1) is 9.50. The summed E-state index contributed by atoms with van der Waals surface area (Å²) in [5.74, 6) is 0. The van der Waals surface area contributed by atoms with Crippen molar-refractivity contribution >= 4 is 5.69 Å². The Morgan fingerprint density at radius 1 is 1.30 bits per heavy atom. The van der Waals surface area contributed by atoms with Gasteiger partial charge in [0.15, 0.2) is 0 Å². The molecule has 112 valence electrons. The lowest BCUT2D eigenvalue weighted by Gasteiger charge is -2.30. The molecule has 2 rings (SSSR count). The van der Waals surface area contributed by atoms with Gasteiger partial charge < -0.3 is 10.2 Å². The average molecular weight is 286 g/mol. The Morgan fingerprint density at radius 2 is 2.10 bits per heavy atom. The predicted molar refractivity (Wildman–Crippen MR) is 75.0 cm³/mol. The van der Waals surface area contributed by atoms with Gasteiger partial charge in [-0.2, -0.15) is 13.2 Å². The van der Waals surface area contributed by atoms with Crippen LogP contribution in [0, 0.1) is 0 Å². The molecular weight excluding hydrogens is 265 g/mol. The second-order valence-corrected chi connectivity index (χ2v) is 5.24. The highest BCUT2D eigenvalue weighted by Crippen LogP contribution is 2.31. The number of hydrogen-bond donors (Lipinski definition) is 1. The Morgan fingerprint density at radius 3 is 2.80 bits per heavy atom. The molecule has 0 radical (unpaired) electrons.